The molecule has 0 amide bonds. The second kappa shape index (κ2) is 8.86. The molecule has 2 aromatic carbocycles. The van der Waals surface area contributed by atoms with Crippen LogP contribution >= 0.6 is 0 Å². The molecule has 2 aromatic rings. The van der Waals surface area contributed by atoms with Gasteiger partial charge in [-0.3, -0.25) is 0 Å². The summed E-state index contributed by atoms with van der Waals surface area (Å²) in [5.41, 5.74) is 5.35. The second-order valence-electron chi connectivity index (χ2n) is 8.93. The Kier molecular flexibility index (Phi) is 6.45. The van der Waals surface area contributed by atoms with Crippen LogP contribution in [0, 0.1) is 11.2 Å². The van der Waals surface area contributed by atoms with Crippen LogP contribution in [-0.2, 0) is 4.79 Å². The van der Waals surface area contributed by atoms with Crippen molar-refractivity contribution in [3.63, 3.8) is 0 Å². The van der Waals surface area contributed by atoms with Crippen LogP contribution in [-0.4, -0.2) is 16.2 Å². The molecule has 0 bridgehead atoms. The van der Waals surface area contributed by atoms with Gasteiger partial charge in [0, 0.05) is 6.08 Å². The van der Waals surface area contributed by atoms with E-state index >= 15 is 0 Å². The number of hydrogen-bond donors (Lipinski definition) is 2. The average molecular weight is 409 g/mol. The zero-order valence-corrected chi connectivity index (χ0v) is 17.8. The van der Waals surface area contributed by atoms with Crippen molar-refractivity contribution in [2.75, 3.05) is 0 Å². The van der Waals surface area contributed by atoms with Gasteiger partial charge < -0.3 is 10.2 Å². The molecule has 3 rings (SSSR count). The molecule has 3 nitrogen and oxygen atoms in total. The molecule has 30 heavy (non-hydrogen) atoms. The fourth-order valence-electron chi connectivity index (χ4n) is 4.14. The maximum atomic E-state index is 14.1. The lowest BCUT2D eigenvalue weighted by molar-refractivity contribution is -0.131. The van der Waals surface area contributed by atoms with E-state index in [1.165, 1.54) is 30.2 Å². The van der Waals surface area contributed by atoms with Gasteiger partial charge >= 0.3 is 5.97 Å². The number of carboxylic acid groups (broad SMARTS) is 1. The quantitative estimate of drug-likeness (QED) is 0.546. The number of aromatic hydroxyl groups is 1. The second-order valence-corrected chi connectivity index (χ2v) is 8.93. The van der Waals surface area contributed by atoms with Crippen LogP contribution in [0.4, 0.5) is 4.39 Å². The van der Waals surface area contributed by atoms with Crippen LogP contribution in [0.25, 0.3) is 11.1 Å². The van der Waals surface area contributed by atoms with Crippen molar-refractivity contribution in [1.82, 2.24) is 0 Å². The third-order valence-electron chi connectivity index (χ3n) is 5.61. The standard InChI is InChI=1S/C26H29FO3/c1-26(2,3)21(16-24(29)30)17-9-11-19(12-10-17)25(18-7-5-4-6-8-18)20-13-14-23(28)22(27)15-20/h9-16,28H,4-8H2,1-3H3,(H,29,30)/b21-16-. The lowest BCUT2D eigenvalue weighted by Crippen LogP contribution is -2.10. The van der Waals surface area contributed by atoms with E-state index in [4.69, 9.17) is 0 Å². The number of benzene rings is 2. The van der Waals surface area contributed by atoms with E-state index in [1.807, 2.05) is 45.0 Å². The molecule has 0 radical (unpaired) electrons. The summed E-state index contributed by atoms with van der Waals surface area (Å²) in [6.07, 6.45) is 6.66. The smallest absolute Gasteiger partial charge is 0.328 e. The van der Waals surface area contributed by atoms with Gasteiger partial charge in [0.25, 0.3) is 0 Å². The van der Waals surface area contributed by atoms with Gasteiger partial charge in [-0.2, -0.15) is 0 Å². The minimum absolute atomic E-state index is 0.315. The summed E-state index contributed by atoms with van der Waals surface area (Å²) in [6, 6.07) is 12.4. The molecule has 4 heteroatoms. The van der Waals surface area contributed by atoms with Gasteiger partial charge in [0.15, 0.2) is 11.6 Å². The number of aliphatic carboxylic acids is 1. The predicted molar refractivity (Wildman–Crippen MR) is 119 cm³/mol. The Labute approximate surface area is 177 Å². The summed E-state index contributed by atoms with van der Waals surface area (Å²) in [7, 11) is 0. The molecule has 0 spiro atoms. The highest BCUT2D eigenvalue weighted by Crippen LogP contribution is 2.38. The van der Waals surface area contributed by atoms with Crippen LogP contribution in [0.15, 0.2) is 54.1 Å². The third-order valence-corrected chi connectivity index (χ3v) is 5.61. The molecule has 2 N–H and O–H groups in total. The van der Waals surface area contributed by atoms with E-state index in [-0.39, 0.29) is 11.2 Å². The molecular weight excluding hydrogens is 379 g/mol. The van der Waals surface area contributed by atoms with Gasteiger partial charge in [-0.25, -0.2) is 9.18 Å². The molecule has 0 atom stereocenters. The van der Waals surface area contributed by atoms with E-state index in [0.29, 0.717) is 0 Å². The average Bonchev–Trinajstić information content (AvgIpc) is 2.70. The van der Waals surface area contributed by atoms with Crippen LogP contribution in [0.1, 0.15) is 69.6 Å². The Bertz CT molecular complexity index is 984. The highest BCUT2D eigenvalue weighted by Gasteiger charge is 2.21. The molecule has 1 aliphatic rings. The molecule has 1 saturated carbocycles. The maximum absolute atomic E-state index is 14.1. The normalized spacial score (nSPS) is 15.2. The van der Waals surface area contributed by atoms with E-state index in [9.17, 15) is 19.4 Å². The van der Waals surface area contributed by atoms with Crippen LogP contribution < -0.4 is 0 Å². The van der Waals surface area contributed by atoms with Gasteiger partial charge in [-0.1, -0.05) is 63.1 Å². The zero-order chi connectivity index (χ0) is 21.9. The Morgan fingerprint density at radius 3 is 2.03 bits per heavy atom. The predicted octanol–water partition coefficient (Wildman–Crippen LogP) is 6.81. The van der Waals surface area contributed by atoms with Crippen molar-refractivity contribution in [1.29, 1.82) is 0 Å². The van der Waals surface area contributed by atoms with E-state index in [2.05, 4.69) is 0 Å². The van der Waals surface area contributed by atoms with Gasteiger partial charge in [0.1, 0.15) is 0 Å². The number of hydrogen-bond acceptors (Lipinski definition) is 2. The molecular formula is C26H29FO3. The molecule has 0 heterocycles. The summed E-state index contributed by atoms with van der Waals surface area (Å²) in [5, 5.41) is 18.9. The van der Waals surface area contributed by atoms with Crippen molar-refractivity contribution in [3.05, 3.63) is 76.6 Å². The molecule has 158 valence electrons. The monoisotopic (exact) mass is 408 g/mol. The summed E-state index contributed by atoms with van der Waals surface area (Å²) in [6.45, 7) is 5.97. The lowest BCUT2D eigenvalue weighted by Gasteiger charge is -2.24. The Hall–Kier alpha value is -2.88. The number of carbonyl (C=O) groups is 1. The number of carboxylic acids is 1. The lowest BCUT2D eigenvalue weighted by atomic mass is 9.80. The van der Waals surface area contributed by atoms with Crippen molar-refractivity contribution < 1.29 is 19.4 Å². The Balaban J connectivity index is 2.09. The first-order valence-corrected chi connectivity index (χ1v) is 10.4. The first kappa shape index (κ1) is 21.8. The summed E-state index contributed by atoms with van der Waals surface area (Å²) in [4.78, 5) is 11.3. The van der Waals surface area contributed by atoms with Gasteiger partial charge in [-0.05, 0) is 71.1 Å². The molecule has 0 aromatic heterocycles. The SMILES string of the molecule is CC(C)(C)/C(=C\C(=O)O)c1ccc(C(=C2CCCCC2)c2ccc(O)c(F)c2)cc1. The van der Waals surface area contributed by atoms with E-state index in [1.54, 1.807) is 6.07 Å². The van der Waals surface area contributed by atoms with Crippen molar-refractivity contribution >= 4 is 17.1 Å². The van der Waals surface area contributed by atoms with E-state index < -0.39 is 11.8 Å². The minimum Gasteiger partial charge on any atom is -0.505 e. The van der Waals surface area contributed by atoms with Crippen LogP contribution in [0.2, 0.25) is 0 Å². The van der Waals surface area contributed by atoms with Crippen molar-refractivity contribution in [2.24, 2.45) is 5.41 Å². The van der Waals surface area contributed by atoms with Crippen molar-refractivity contribution in [3.8, 4) is 5.75 Å². The topological polar surface area (TPSA) is 57.5 Å². The Morgan fingerprint density at radius 1 is 0.933 bits per heavy atom. The summed E-state index contributed by atoms with van der Waals surface area (Å²) >= 11 is 0. The highest BCUT2D eigenvalue weighted by molar-refractivity contribution is 5.91. The maximum Gasteiger partial charge on any atom is 0.328 e. The number of phenolic OH excluding ortho intramolecular Hbond substituents is 1. The molecule has 0 unspecified atom stereocenters. The molecule has 1 fully saturated rings. The minimum atomic E-state index is -0.964. The third kappa shape index (κ3) is 4.99. The van der Waals surface area contributed by atoms with Crippen LogP contribution in [0.3, 0.4) is 0 Å². The van der Waals surface area contributed by atoms with Crippen LogP contribution in [0.5, 0.6) is 5.75 Å². The first-order valence-electron chi connectivity index (χ1n) is 10.4. The van der Waals surface area contributed by atoms with Gasteiger partial charge in [-0.15, -0.1) is 0 Å². The van der Waals surface area contributed by atoms with Gasteiger partial charge in [0.2, 0.25) is 0 Å². The fourth-order valence-corrected chi connectivity index (χ4v) is 4.14. The fraction of sp³-hybridized carbons (Fsp3) is 0.346. The summed E-state index contributed by atoms with van der Waals surface area (Å²) in [5.74, 6) is -1.94. The van der Waals surface area contributed by atoms with E-state index in [0.717, 1.165) is 53.5 Å². The molecule has 0 saturated heterocycles. The first-order chi connectivity index (χ1) is 14.2. The van der Waals surface area contributed by atoms with Crippen molar-refractivity contribution in [2.45, 2.75) is 52.9 Å². The van der Waals surface area contributed by atoms with Gasteiger partial charge in [0.05, 0.1) is 0 Å². The number of allylic oxidation sites excluding steroid dienone is 2. The summed E-state index contributed by atoms with van der Waals surface area (Å²) < 4.78 is 14.1. The Morgan fingerprint density at radius 2 is 1.50 bits per heavy atom. The largest absolute Gasteiger partial charge is 0.505 e. The number of phenols is 1. The molecule has 1 aliphatic carbocycles. The zero-order valence-electron chi connectivity index (χ0n) is 17.8. The highest BCUT2D eigenvalue weighted by atomic mass is 19.1. The number of rotatable bonds is 4. The molecule has 0 aliphatic heterocycles. The number of halogens is 1.